The van der Waals surface area contributed by atoms with Gasteiger partial charge in [-0.05, 0) is 6.07 Å². The third kappa shape index (κ3) is 1.60. The van der Waals surface area contributed by atoms with Gasteiger partial charge in [-0.1, -0.05) is 18.2 Å². The van der Waals surface area contributed by atoms with Gasteiger partial charge in [-0.25, -0.2) is 9.78 Å². The molecule has 0 saturated carbocycles. The lowest BCUT2D eigenvalue weighted by atomic mass is 10.2. The molecule has 1 aromatic carbocycles. The van der Waals surface area contributed by atoms with Gasteiger partial charge in [0.25, 0.3) is 0 Å². The second-order valence-electron chi connectivity index (χ2n) is 3.74. The SMILES string of the molecule is COC(=O)c1cn(-c2nccs2)c2ccccc12. The molecule has 0 aliphatic carbocycles. The molecule has 0 atom stereocenters. The molecule has 2 aromatic heterocycles. The van der Waals surface area contributed by atoms with Crippen molar-refractivity contribution in [3.05, 3.63) is 47.6 Å². The van der Waals surface area contributed by atoms with Crippen LogP contribution in [0, 0.1) is 0 Å². The summed E-state index contributed by atoms with van der Waals surface area (Å²) in [7, 11) is 1.39. The number of carbonyl (C=O) groups excluding carboxylic acids is 1. The van der Waals surface area contributed by atoms with E-state index in [4.69, 9.17) is 4.74 Å². The first-order chi connectivity index (χ1) is 8.81. The fraction of sp³-hybridized carbons (Fsp3) is 0.0769. The number of methoxy groups -OCH3 is 1. The molecular formula is C13H10N2O2S. The molecule has 2 heterocycles. The number of rotatable bonds is 2. The van der Waals surface area contributed by atoms with Crippen molar-refractivity contribution >= 4 is 28.2 Å². The Hall–Kier alpha value is -2.14. The number of aromatic nitrogens is 2. The summed E-state index contributed by atoms with van der Waals surface area (Å²) in [4.78, 5) is 16.0. The maximum atomic E-state index is 11.8. The van der Waals surface area contributed by atoms with Crippen molar-refractivity contribution in [1.29, 1.82) is 0 Å². The second-order valence-corrected chi connectivity index (χ2v) is 4.61. The van der Waals surface area contributed by atoms with E-state index in [9.17, 15) is 4.79 Å². The molecule has 0 radical (unpaired) electrons. The van der Waals surface area contributed by atoms with E-state index < -0.39 is 0 Å². The maximum Gasteiger partial charge on any atom is 0.340 e. The lowest BCUT2D eigenvalue weighted by molar-refractivity contribution is 0.0603. The summed E-state index contributed by atoms with van der Waals surface area (Å²) in [6.07, 6.45) is 3.52. The van der Waals surface area contributed by atoms with E-state index in [2.05, 4.69) is 4.98 Å². The highest BCUT2D eigenvalue weighted by Crippen LogP contribution is 2.26. The topological polar surface area (TPSA) is 44.1 Å². The zero-order valence-electron chi connectivity index (χ0n) is 9.66. The average Bonchev–Trinajstić information content (AvgIpc) is 3.04. The van der Waals surface area contributed by atoms with Gasteiger partial charge in [-0.2, -0.15) is 0 Å². The minimum absolute atomic E-state index is 0.332. The first kappa shape index (κ1) is 11.0. The van der Waals surface area contributed by atoms with Crippen LogP contribution < -0.4 is 0 Å². The summed E-state index contributed by atoms with van der Waals surface area (Å²) in [6, 6.07) is 7.71. The van der Waals surface area contributed by atoms with Crippen molar-refractivity contribution in [2.75, 3.05) is 7.11 Å². The quantitative estimate of drug-likeness (QED) is 0.664. The summed E-state index contributed by atoms with van der Waals surface area (Å²) >= 11 is 1.52. The number of hydrogen-bond donors (Lipinski definition) is 0. The number of thiazole rings is 1. The molecule has 3 aromatic rings. The molecule has 0 unspecified atom stereocenters. The third-order valence-corrected chi connectivity index (χ3v) is 3.51. The number of benzene rings is 1. The number of para-hydroxylation sites is 1. The Morgan fingerprint density at radius 2 is 2.22 bits per heavy atom. The van der Waals surface area contributed by atoms with Gasteiger partial charge in [-0.3, -0.25) is 4.57 Å². The summed E-state index contributed by atoms with van der Waals surface area (Å²) in [5, 5.41) is 3.61. The number of carbonyl (C=O) groups is 1. The van der Waals surface area contributed by atoms with Crippen molar-refractivity contribution < 1.29 is 9.53 Å². The third-order valence-electron chi connectivity index (χ3n) is 2.74. The van der Waals surface area contributed by atoms with Crippen LogP contribution >= 0.6 is 11.3 Å². The molecule has 5 heteroatoms. The van der Waals surface area contributed by atoms with Crippen LogP contribution in [0.4, 0.5) is 0 Å². The molecular weight excluding hydrogens is 248 g/mol. The Morgan fingerprint density at radius 3 is 2.94 bits per heavy atom. The Kier molecular flexibility index (Phi) is 2.60. The largest absolute Gasteiger partial charge is 0.465 e. The number of nitrogens with zero attached hydrogens (tertiary/aromatic N) is 2. The molecule has 4 nitrogen and oxygen atoms in total. The van der Waals surface area contributed by atoms with Crippen molar-refractivity contribution in [2.45, 2.75) is 0 Å². The van der Waals surface area contributed by atoms with Gasteiger partial charge in [0.1, 0.15) is 0 Å². The minimum Gasteiger partial charge on any atom is -0.465 e. The van der Waals surface area contributed by atoms with Gasteiger partial charge in [-0.15, -0.1) is 11.3 Å². The molecule has 0 spiro atoms. The number of hydrogen-bond acceptors (Lipinski definition) is 4. The predicted octanol–water partition coefficient (Wildman–Crippen LogP) is 2.87. The fourth-order valence-corrected chi connectivity index (χ4v) is 2.58. The Balaban J connectivity index is 2.31. The average molecular weight is 258 g/mol. The van der Waals surface area contributed by atoms with Crippen LogP contribution in [-0.2, 0) is 4.74 Å². The highest BCUT2D eigenvalue weighted by molar-refractivity contribution is 7.12. The van der Waals surface area contributed by atoms with Crippen LogP contribution in [0.3, 0.4) is 0 Å². The zero-order valence-corrected chi connectivity index (χ0v) is 10.5. The molecule has 0 bridgehead atoms. The lowest BCUT2D eigenvalue weighted by Gasteiger charge is -1.98. The van der Waals surface area contributed by atoms with E-state index >= 15 is 0 Å². The van der Waals surface area contributed by atoms with Gasteiger partial charge in [0.15, 0.2) is 5.13 Å². The van der Waals surface area contributed by atoms with E-state index in [1.54, 1.807) is 12.4 Å². The van der Waals surface area contributed by atoms with E-state index in [0.29, 0.717) is 5.56 Å². The fourth-order valence-electron chi connectivity index (χ4n) is 1.95. The van der Waals surface area contributed by atoms with Crippen LogP contribution in [0.5, 0.6) is 0 Å². The Morgan fingerprint density at radius 1 is 1.39 bits per heavy atom. The number of fused-ring (bicyclic) bond motifs is 1. The van der Waals surface area contributed by atoms with Crippen molar-refractivity contribution in [1.82, 2.24) is 9.55 Å². The Bertz CT molecular complexity index is 701. The van der Waals surface area contributed by atoms with E-state index in [0.717, 1.165) is 16.0 Å². The Labute approximate surface area is 107 Å². The lowest BCUT2D eigenvalue weighted by Crippen LogP contribution is -1.99. The van der Waals surface area contributed by atoms with Crippen molar-refractivity contribution in [3.8, 4) is 5.13 Å². The summed E-state index contributed by atoms with van der Waals surface area (Å²) in [6.45, 7) is 0. The standard InChI is InChI=1S/C13H10N2O2S/c1-17-12(16)10-8-15(13-14-6-7-18-13)11-5-3-2-4-9(10)11/h2-8H,1H3. The van der Waals surface area contributed by atoms with Crippen molar-refractivity contribution in [3.63, 3.8) is 0 Å². The van der Waals surface area contributed by atoms with Gasteiger partial charge in [0.05, 0.1) is 18.2 Å². The normalized spacial score (nSPS) is 10.7. The maximum absolute atomic E-state index is 11.8. The molecule has 0 amide bonds. The van der Waals surface area contributed by atoms with Crippen LogP contribution in [0.25, 0.3) is 16.0 Å². The van der Waals surface area contributed by atoms with E-state index in [1.807, 2.05) is 34.2 Å². The van der Waals surface area contributed by atoms with Gasteiger partial charge >= 0.3 is 5.97 Å². The van der Waals surface area contributed by atoms with Gasteiger partial charge in [0, 0.05) is 23.2 Å². The first-order valence-electron chi connectivity index (χ1n) is 5.39. The summed E-state index contributed by atoms with van der Waals surface area (Å²) < 4.78 is 6.71. The second kappa shape index (κ2) is 4.27. The molecule has 0 aliphatic rings. The van der Waals surface area contributed by atoms with E-state index in [-0.39, 0.29) is 5.97 Å². The van der Waals surface area contributed by atoms with Crippen LogP contribution in [0.15, 0.2) is 42.0 Å². The molecule has 0 aliphatic heterocycles. The molecule has 0 saturated heterocycles. The first-order valence-corrected chi connectivity index (χ1v) is 6.27. The minimum atomic E-state index is -0.332. The molecule has 0 fully saturated rings. The monoisotopic (exact) mass is 258 g/mol. The highest BCUT2D eigenvalue weighted by atomic mass is 32.1. The predicted molar refractivity (Wildman–Crippen MR) is 70.3 cm³/mol. The summed E-state index contributed by atoms with van der Waals surface area (Å²) in [5.41, 5.74) is 1.51. The van der Waals surface area contributed by atoms with Crippen LogP contribution in [-0.4, -0.2) is 22.6 Å². The van der Waals surface area contributed by atoms with Gasteiger partial charge < -0.3 is 4.74 Å². The highest BCUT2D eigenvalue weighted by Gasteiger charge is 2.16. The van der Waals surface area contributed by atoms with Gasteiger partial charge in [0.2, 0.25) is 0 Å². The number of ether oxygens (including phenoxy) is 1. The smallest absolute Gasteiger partial charge is 0.340 e. The zero-order chi connectivity index (χ0) is 12.5. The molecule has 0 N–H and O–H groups in total. The molecule has 90 valence electrons. The van der Waals surface area contributed by atoms with Crippen LogP contribution in [0.2, 0.25) is 0 Å². The number of esters is 1. The molecule has 3 rings (SSSR count). The van der Waals surface area contributed by atoms with Crippen molar-refractivity contribution in [2.24, 2.45) is 0 Å². The van der Waals surface area contributed by atoms with E-state index in [1.165, 1.54) is 18.4 Å². The molecule has 18 heavy (non-hydrogen) atoms. The summed E-state index contributed by atoms with van der Waals surface area (Å²) in [5.74, 6) is -0.332. The van der Waals surface area contributed by atoms with Crippen LogP contribution in [0.1, 0.15) is 10.4 Å².